The van der Waals surface area contributed by atoms with Crippen molar-refractivity contribution in [1.29, 1.82) is 0 Å². The first-order chi connectivity index (χ1) is 15.2. The van der Waals surface area contributed by atoms with Crippen LogP contribution in [0.1, 0.15) is 12.8 Å². The van der Waals surface area contributed by atoms with Gasteiger partial charge in [0.25, 0.3) is 0 Å². The molecule has 2 aromatic rings. The van der Waals surface area contributed by atoms with Crippen LogP contribution in [-0.2, 0) is 15.0 Å². The fourth-order valence-electron chi connectivity index (χ4n) is 2.94. The molecule has 32 heavy (non-hydrogen) atoms. The number of nitrogens with one attached hydrogen (secondary N) is 2. The molecule has 172 valence electrons. The van der Waals surface area contributed by atoms with Crippen molar-refractivity contribution in [3.05, 3.63) is 63.2 Å². The van der Waals surface area contributed by atoms with Gasteiger partial charge in [0.05, 0.1) is 22.1 Å². The molecule has 0 amide bonds. The van der Waals surface area contributed by atoms with Gasteiger partial charge in [-0.15, -0.1) is 0 Å². The quantitative estimate of drug-likeness (QED) is 0.188. The van der Waals surface area contributed by atoms with Crippen molar-refractivity contribution in [2.24, 2.45) is 5.16 Å². The van der Waals surface area contributed by atoms with Crippen molar-refractivity contribution < 1.29 is 22.0 Å². The van der Waals surface area contributed by atoms with E-state index in [1.807, 2.05) is 0 Å². The van der Waals surface area contributed by atoms with E-state index >= 15 is 0 Å². The smallest absolute Gasteiger partial charge is 0.301 e. The molecule has 0 radical (unpaired) electrons. The number of hydrogen-bond acceptors (Lipinski definition) is 5. The van der Waals surface area contributed by atoms with Gasteiger partial charge in [0, 0.05) is 29.5 Å². The van der Waals surface area contributed by atoms with E-state index in [0.717, 1.165) is 21.4 Å². The van der Waals surface area contributed by atoms with Gasteiger partial charge >= 0.3 is 10.2 Å². The maximum absolute atomic E-state index is 14.6. The molecule has 2 aromatic carbocycles. The molecule has 1 aliphatic heterocycles. The molecule has 1 fully saturated rings. The number of piperidine rings is 1. The molecular formula is C20H20ClF2IN4O3S. The van der Waals surface area contributed by atoms with Crippen LogP contribution in [0.15, 0.2) is 48.1 Å². The van der Waals surface area contributed by atoms with Crippen LogP contribution in [0.3, 0.4) is 0 Å². The zero-order chi connectivity index (χ0) is 23.3. The lowest BCUT2D eigenvalue weighted by atomic mass is 10.1. The molecule has 0 aromatic heterocycles. The third-order valence-corrected chi connectivity index (χ3v) is 7.06. The first-order valence-corrected chi connectivity index (χ1v) is 12.4. The Bertz CT molecular complexity index is 1140. The highest BCUT2D eigenvalue weighted by Gasteiger charge is 2.28. The van der Waals surface area contributed by atoms with Gasteiger partial charge in [-0.25, -0.2) is 8.78 Å². The highest BCUT2D eigenvalue weighted by atomic mass is 127. The van der Waals surface area contributed by atoms with E-state index < -0.39 is 21.8 Å². The predicted molar refractivity (Wildman–Crippen MR) is 131 cm³/mol. The van der Waals surface area contributed by atoms with E-state index in [9.17, 15) is 17.2 Å². The van der Waals surface area contributed by atoms with Gasteiger partial charge in [0.2, 0.25) is 0 Å². The minimum atomic E-state index is -4.04. The third-order valence-electron chi connectivity index (χ3n) is 4.55. The molecule has 1 aliphatic rings. The Hall–Kier alpha value is -1.96. The van der Waals surface area contributed by atoms with Gasteiger partial charge < -0.3 is 10.2 Å². The standard InChI is InChI=1S/C20H20ClF2IN4O3S/c1-2-11-31-26-14-7-9-28(10-8-14)32(29,30)27-18-6-4-16(22)19(23)20(18)25-17-5-3-13(24)12-15(17)21/h2-6,12,25,27H,1,7-11H2. The number of benzene rings is 2. The summed E-state index contributed by atoms with van der Waals surface area (Å²) in [7, 11) is -4.04. The van der Waals surface area contributed by atoms with Crippen LogP contribution in [0.4, 0.5) is 25.8 Å². The molecule has 0 bridgehead atoms. The number of anilines is 3. The van der Waals surface area contributed by atoms with E-state index in [1.54, 1.807) is 24.3 Å². The summed E-state index contributed by atoms with van der Waals surface area (Å²) in [6, 6.07) is 6.95. The second-order valence-electron chi connectivity index (χ2n) is 6.78. The lowest BCUT2D eigenvalue weighted by Gasteiger charge is -2.27. The van der Waals surface area contributed by atoms with Crippen LogP contribution in [0.25, 0.3) is 0 Å². The Morgan fingerprint density at radius 1 is 1.22 bits per heavy atom. The summed E-state index contributed by atoms with van der Waals surface area (Å²) >= 11 is 8.24. The topological polar surface area (TPSA) is 83.0 Å². The summed E-state index contributed by atoms with van der Waals surface area (Å²) in [5, 5.41) is 6.93. The average Bonchev–Trinajstić information content (AvgIpc) is 2.75. The Labute approximate surface area is 203 Å². The first-order valence-electron chi connectivity index (χ1n) is 9.48. The van der Waals surface area contributed by atoms with Crippen LogP contribution in [-0.4, -0.2) is 38.1 Å². The van der Waals surface area contributed by atoms with Gasteiger partial charge in [0.15, 0.2) is 11.6 Å². The van der Waals surface area contributed by atoms with E-state index in [-0.39, 0.29) is 36.1 Å². The van der Waals surface area contributed by atoms with Crippen LogP contribution in [0.2, 0.25) is 5.02 Å². The van der Waals surface area contributed by atoms with E-state index in [1.165, 1.54) is 4.31 Å². The number of hydrogen-bond donors (Lipinski definition) is 2. The number of halogens is 4. The summed E-state index contributed by atoms with van der Waals surface area (Å²) < 4.78 is 58.7. The molecule has 0 aliphatic carbocycles. The van der Waals surface area contributed by atoms with Crippen molar-refractivity contribution in [2.75, 3.05) is 29.7 Å². The molecule has 0 atom stereocenters. The Morgan fingerprint density at radius 3 is 2.56 bits per heavy atom. The van der Waals surface area contributed by atoms with Crippen LogP contribution in [0, 0.1) is 15.2 Å². The van der Waals surface area contributed by atoms with Gasteiger partial charge in [-0.3, -0.25) is 4.72 Å². The number of oxime groups is 1. The van der Waals surface area contributed by atoms with Gasteiger partial charge in [0.1, 0.15) is 12.3 Å². The van der Waals surface area contributed by atoms with Gasteiger partial charge in [-0.05, 0) is 52.9 Å². The third kappa shape index (κ3) is 6.09. The van der Waals surface area contributed by atoms with E-state index in [4.69, 9.17) is 16.4 Å². The molecule has 1 heterocycles. The zero-order valence-electron chi connectivity index (χ0n) is 16.7. The molecule has 7 nitrogen and oxygen atoms in total. The Kier molecular flexibility index (Phi) is 8.31. The number of nitrogens with zero attached hydrogens (tertiary/aromatic N) is 2. The predicted octanol–water partition coefficient (Wildman–Crippen LogP) is 5.28. The van der Waals surface area contributed by atoms with E-state index in [2.05, 4.69) is 44.4 Å². The zero-order valence-corrected chi connectivity index (χ0v) is 20.5. The van der Waals surface area contributed by atoms with Crippen LogP contribution in [0.5, 0.6) is 0 Å². The fourth-order valence-corrected chi connectivity index (χ4v) is 5.09. The molecular weight excluding hydrogens is 577 g/mol. The summed E-state index contributed by atoms with van der Waals surface area (Å²) in [4.78, 5) is 5.04. The van der Waals surface area contributed by atoms with Crippen molar-refractivity contribution in [3.63, 3.8) is 0 Å². The highest BCUT2D eigenvalue weighted by molar-refractivity contribution is 14.1. The first kappa shape index (κ1) is 24.7. The van der Waals surface area contributed by atoms with E-state index in [0.29, 0.717) is 18.5 Å². The van der Waals surface area contributed by atoms with Crippen molar-refractivity contribution in [1.82, 2.24) is 4.31 Å². The SMILES string of the molecule is C=CCON=C1CCN(S(=O)(=O)Nc2ccc(F)c(F)c2Nc2ccc(I)cc2Cl)CC1. The minimum Gasteiger partial charge on any atom is -0.392 e. The summed E-state index contributed by atoms with van der Waals surface area (Å²) in [5.74, 6) is -2.36. The largest absolute Gasteiger partial charge is 0.392 e. The summed E-state index contributed by atoms with van der Waals surface area (Å²) in [6.07, 6.45) is 2.34. The second-order valence-corrected chi connectivity index (χ2v) is 10.1. The lowest BCUT2D eigenvalue weighted by molar-refractivity contribution is 0.172. The van der Waals surface area contributed by atoms with Crippen molar-refractivity contribution in [3.8, 4) is 0 Å². The second kappa shape index (κ2) is 10.8. The molecule has 0 saturated carbocycles. The van der Waals surface area contributed by atoms with Crippen LogP contribution < -0.4 is 10.0 Å². The normalized spacial score (nSPS) is 14.7. The molecule has 0 unspecified atom stereocenters. The summed E-state index contributed by atoms with van der Waals surface area (Å²) in [5.41, 5.74) is 0.526. The monoisotopic (exact) mass is 596 g/mol. The molecule has 12 heteroatoms. The Morgan fingerprint density at radius 2 is 1.91 bits per heavy atom. The maximum Gasteiger partial charge on any atom is 0.301 e. The molecule has 2 N–H and O–H groups in total. The highest BCUT2D eigenvalue weighted by Crippen LogP contribution is 2.34. The average molecular weight is 597 g/mol. The van der Waals surface area contributed by atoms with Crippen LogP contribution >= 0.6 is 34.2 Å². The molecule has 3 rings (SSSR count). The minimum absolute atomic E-state index is 0.146. The fraction of sp³-hybridized carbons (Fsp3) is 0.250. The molecule has 1 saturated heterocycles. The van der Waals surface area contributed by atoms with Crippen molar-refractivity contribution in [2.45, 2.75) is 12.8 Å². The molecule has 0 spiro atoms. The van der Waals surface area contributed by atoms with Gasteiger partial charge in [-0.2, -0.15) is 12.7 Å². The summed E-state index contributed by atoms with van der Waals surface area (Å²) in [6.45, 7) is 4.13. The van der Waals surface area contributed by atoms with Gasteiger partial charge in [-0.1, -0.05) is 29.4 Å². The lowest BCUT2D eigenvalue weighted by Crippen LogP contribution is -2.42. The van der Waals surface area contributed by atoms with Crippen molar-refractivity contribution >= 4 is 67.2 Å². The maximum atomic E-state index is 14.6. The number of rotatable bonds is 8. The Balaban J connectivity index is 1.80.